The van der Waals surface area contributed by atoms with Gasteiger partial charge in [0.25, 0.3) is 0 Å². The van der Waals surface area contributed by atoms with Crippen molar-refractivity contribution in [3.63, 3.8) is 0 Å². The third kappa shape index (κ3) is 5.64. The summed E-state index contributed by atoms with van der Waals surface area (Å²) in [6, 6.07) is 10.8. The highest BCUT2D eigenvalue weighted by molar-refractivity contribution is 6.33. The first kappa shape index (κ1) is 27.6. The minimum atomic E-state index is -4.52. The minimum Gasteiger partial charge on any atom is -0.475 e. The molecule has 3 aromatic rings. The molecule has 2 atom stereocenters. The van der Waals surface area contributed by atoms with Gasteiger partial charge in [-0.15, -0.1) is 0 Å². The lowest BCUT2D eigenvalue weighted by molar-refractivity contribution is -0.141. The van der Waals surface area contributed by atoms with Gasteiger partial charge >= 0.3 is 12.2 Å². The van der Waals surface area contributed by atoms with Gasteiger partial charge in [-0.3, -0.25) is 10.2 Å². The summed E-state index contributed by atoms with van der Waals surface area (Å²) in [5.74, 6) is 0.225. The number of amides is 2. The highest BCUT2D eigenvalue weighted by atomic mass is 35.5. The summed E-state index contributed by atoms with van der Waals surface area (Å²) in [7, 11) is 0. The molecule has 41 heavy (non-hydrogen) atoms. The first-order valence-electron chi connectivity index (χ1n) is 13.1. The van der Waals surface area contributed by atoms with E-state index in [1.807, 2.05) is 13.8 Å². The van der Waals surface area contributed by atoms with Crippen LogP contribution in [0.3, 0.4) is 0 Å². The van der Waals surface area contributed by atoms with E-state index in [0.717, 1.165) is 12.1 Å². The number of carbonyl (C=O) groups excluding carboxylic acids is 1. The Hall–Kier alpha value is -3.61. The number of benzene rings is 1. The number of nitrogens with one attached hydrogen (secondary N) is 1. The first-order valence-corrected chi connectivity index (χ1v) is 13.5. The van der Waals surface area contributed by atoms with E-state index in [1.54, 1.807) is 24.3 Å². The molecule has 2 amide bonds. The molecule has 2 aromatic heterocycles. The zero-order valence-electron chi connectivity index (χ0n) is 22.2. The Morgan fingerprint density at radius 3 is 2.76 bits per heavy atom. The van der Waals surface area contributed by atoms with Crippen LogP contribution in [-0.4, -0.2) is 60.2 Å². The average Bonchev–Trinajstić information content (AvgIpc) is 3.50. The molecule has 3 aliphatic heterocycles. The number of carbonyl (C=O) groups is 1. The summed E-state index contributed by atoms with van der Waals surface area (Å²) >= 11 is 6.53. The number of nitrogens with zero attached hydrogens (tertiary/aromatic N) is 4. The molecule has 6 rings (SSSR count). The van der Waals surface area contributed by atoms with Crippen molar-refractivity contribution in [3.8, 4) is 17.1 Å². The van der Waals surface area contributed by atoms with Gasteiger partial charge in [0.05, 0.1) is 34.6 Å². The second-order valence-corrected chi connectivity index (χ2v) is 11.0. The van der Waals surface area contributed by atoms with Gasteiger partial charge in [0.1, 0.15) is 18.5 Å². The highest BCUT2D eigenvalue weighted by Gasteiger charge is 2.41. The lowest BCUT2D eigenvalue weighted by atomic mass is 10.1. The number of halogens is 4. The molecule has 0 aliphatic carbocycles. The zero-order chi connectivity index (χ0) is 28.9. The summed E-state index contributed by atoms with van der Waals surface area (Å²) in [6.45, 7) is 5.56. The Morgan fingerprint density at radius 2 is 2.00 bits per heavy atom. The Balaban J connectivity index is 1.25. The minimum absolute atomic E-state index is 0.159. The van der Waals surface area contributed by atoms with Crippen LogP contribution >= 0.6 is 11.6 Å². The maximum Gasteiger partial charge on any atom is 0.416 e. The Bertz CT molecular complexity index is 1490. The number of alkyl halides is 3. The molecule has 0 spiro atoms. The van der Waals surface area contributed by atoms with Gasteiger partial charge in [0.15, 0.2) is 11.6 Å². The van der Waals surface area contributed by atoms with Crippen molar-refractivity contribution < 1.29 is 32.2 Å². The predicted molar refractivity (Wildman–Crippen MR) is 146 cm³/mol. The number of anilines is 3. The number of urea groups is 1. The summed E-state index contributed by atoms with van der Waals surface area (Å²) in [4.78, 5) is 26.3. The van der Waals surface area contributed by atoms with Crippen LogP contribution in [-0.2, 0) is 15.7 Å². The number of rotatable bonds is 5. The Morgan fingerprint density at radius 1 is 1.20 bits per heavy atom. The molecular weight excluding hydrogens is 563 g/mol. The van der Waals surface area contributed by atoms with Crippen LogP contribution in [0.15, 0.2) is 48.5 Å². The van der Waals surface area contributed by atoms with Gasteiger partial charge in [-0.05, 0) is 44.5 Å². The number of fused-ring (bicyclic) bond motifs is 4. The van der Waals surface area contributed by atoms with E-state index in [9.17, 15) is 18.0 Å². The fourth-order valence-electron chi connectivity index (χ4n) is 5.29. The molecule has 5 heterocycles. The maximum absolute atomic E-state index is 13.6. The van der Waals surface area contributed by atoms with E-state index in [1.165, 1.54) is 17.0 Å². The number of ether oxygens (including phenoxy) is 3. The molecule has 0 radical (unpaired) electrons. The lowest BCUT2D eigenvalue weighted by Crippen LogP contribution is -2.48. The van der Waals surface area contributed by atoms with Gasteiger partial charge in [0.2, 0.25) is 5.88 Å². The molecule has 216 valence electrons. The quantitative estimate of drug-likeness (QED) is 0.392. The third-order valence-corrected chi connectivity index (χ3v) is 7.45. The van der Waals surface area contributed by atoms with Gasteiger partial charge < -0.3 is 19.1 Å². The second kappa shape index (κ2) is 10.3. The molecule has 1 unspecified atom stereocenters. The molecule has 13 heteroatoms. The molecule has 3 aliphatic rings. The van der Waals surface area contributed by atoms with Crippen molar-refractivity contribution in [1.29, 1.82) is 0 Å². The number of aromatic nitrogens is 2. The Kier molecular flexibility index (Phi) is 6.95. The standard InChI is InChI=1S/C28H27ClF3N5O4/c1-27(2)40-15-19(41-27)14-39-23-8-4-7-22(33-23)34-26(38)37-18-9-10-36(13-18)21-12-20(29)24(35-25(21)37)16-5-3-6-17(11-16)28(30,31)32/h3-8,11-12,18-19H,9-10,13-15H2,1-2H3,(H,33,34,38)/t18?,19-/m0/s1. The fourth-order valence-corrected chi connectivity index (χ4v) is 5.54. The largest absolute Gasteiger partial charge is 0.475 e. The number of hydrogen-bond acceptors (Lipinski definition) is 7. The van der Waals surface area contributed by atoms with Crippen molar-refractivity contribution in [2.45, 2.75) is 44.4 Å². The van der Waals surface area contributed by atoms with Crippen molar-refractivity contribution in [3.05, 3.63) is 59.1 Å². The maximum atomic E-state index is 13.6. The number of hydrogen-bond donors (Lipinski definition) is 1. The first-order chi connectivity index (χ1) is 19.5. The molecule has 1 N–H and O–H groups in total. The van der Waals surface area contributed by atoms with E-state index in [4.69, 9.17) is 25.8 Å². The van der Waals surface area contributed by atoms with Crippen LogP contribution in [0.25, 0.3) is 11.3 Å². The van der Waals surface area contributed by atoms with Gasteiger partial charge in [-0.25, -0.2) is 9.78 Å². The SMILES string of the molecule is CC1(C)OC[C@H](COc2cccc(NC(=O)N3c4nc(-c5cccc(C(F)(F)F)c5)c(Cl)cc4N4CCC3C4)n2)O1. The van der Waals surface area contributed by atoms with Crippen LogP contribution in [0.2, 0.25) is 5.02 Å². The summed E-state index contributed by atoms with van der Waals surface area (Å²) < 4.78 is 57.2. The Labute approximate surface area is 239 Å². The van der Waals surface area contributed by atoms with E-state index >= 15 is 0 Å². The smallest absolute Gasteiger partial charge is 0.416 e. The van der Waals surface area contributed by atoms with Crippen LogP contribution < -0.4 is 19.9 Å². The van der Waals surface area contributed by atoms with E-state index < -0.39 is 23.6 Å². The lowest BCUT2D eigenvalue weighted by Gasteiger charge is -2.36. The van der Waals surface area contributed by atoms with Crippen LogP contribution in [0, 0.1) is 0 Å². The molecule has 2 bridgehead atoms. The zero-order valence-corrected chi connectivity index (χ0v) is 23.0. The van der Waals surface area contributed by atoms with Gasteiger partial charge in [-0.1, -0.05) is 29.8 Å². The van der Waals surface area contributed by atoms with Gasteiger partial charge in [-0.2, -0.15) is 18.2 Å². The van der Waals surface area contributed by atoms with Crippen molar-refractivity contribution in [2.24, 2.45) is 0 Å². The fraction of sp³-hybridized carbons (Fsp3) is 0.393. The molecule has 2 fully saturated rings. The van der Waals surface area contributed by atoms with Crippen LogP contribution in [0.1, 0.15) is 25.8 Å². The van der Waals surface area contributed by atoms with Crippen molar-refractivity contribution in [2.75, 3.05) is 41.4 Å². The summed E-state index contributed by atoms with van der Waals surface area (Å²) in [6.07, 6.45) is -4.08. The van der Waals surface area contributed by atoms with E-state index in [-0.39, 0.29) is 40.9 Å². The average molecular weight is 590 g/mol. The molecule has 1 aromatic carbocycles. The number of pyridine rings is 2. The van der Waals surface area contributed by atoms with Crippen LogP contribution in [0.5, 0.6) is 5.88 Å². The van der Waals surface area contributed by atoms with Gasteiger partial charge in [0, 0.05) is 24.7 Å². The molecular formula is C28H27ClF3N5O4. The second-order valence-electron chi connectivity index (χ2n) is 10.6. The third-order valence-electron chi connectivity index (χ3n) is 7.16. The molecule has 9 nitrogen and oxygen atoms in total. The monoisotopic (exact) mass is 589 g/mol. The predicted octanol–water partition coefficient (Wildman–Crippen LogP) is 5.98. The normalized spacial score (nSPS) is 21.1. The van der Waals surface area contributed by atoms with Crippen LogP contribution in [0.4, 0.5) is 35.3 Å². The summed E-state index contributed by atoms with van der Waals surface area (Å²) in [5, 5.41) is 3.01. The topological polar surface area (TPSA) is 89.1 Å². The van der Waals surface area contributed by atoms with E-state index in [0.29, 0.717) is 43.5 Å². The summed E-state index contributed by atoms with van der Waals surface area (Å²) in [5.41, 5.74) is 0.188. The van der Waals surface area contributed by atoms with E-state index in [2.05, 4.69) is 20.2 Å². The van der Waals surface area contributed by atoms with Crippen molar-refractivity contribution in [1.82, 2.24) is 9.97 Å². The highest BCUT2D eigenvalue weighted by Crippen LogP contribution is 2.44. The van der Waals surface area contributed by atoms with Crippen molar-refractivity contribution >= 4 is 35.0 Å². The molecule has 0 saturated carbocycles. The molecule has 2 saturated heterocycles.